The summed E-state index contributed by atoms with van der Waals surface area (Å²) in [6.45, 7) is 3.94. The average molecular weight is 411 g/mol. The number of benzene rings is 1. The molecule has 1 aliphatic heterocycles. The zero-order chi connectivity index (χ0) is 17.3. The van der Waals surface area contributed by atoms with E-state index in [0.29, 0.717) is 19.0 Å². The molecule has 27 heavy (non-hydrogen) atoms. The predicted molar refractivity (Wildman–Crippen MR) is 115 cm³/mol. The Morgan fingerprint density at radius 3 is 2.67 bits per heavy atom. The van der Waals surface area contributed by atoms with Crippen LogP contribution >= 0.6 is 24.8 Å². The second-order valence-corrected chi connectivity index (χ2v) is 6.55. The first-order valence-corrected chi connectivity index (χ1v) is 8.97. The van der Waals surface area contributed by atoms with Gasteiger partial charge in [0, 0.05) is 31.2 Å². The van der Waals surface area contributed by atoms with Crippen LogP contribution in [0.5, 0.6) is 0 Å². The van der Waals surface area contributed by atoms with Gasteiger partial charge >= 0.3 is 0 Å². The Labute approximate surface area is 173 Å². The molecule has 1 amide bonds. The smallest absolute Gasteiger partial charge is 0.239 e. The van der Waals surface area contributed by atoms with E-state index in [4.69, 9.17) is 0 Å². The highest BCUT2D eigenvalue weighted by molar-refractivity contribution is 5.85. The van der Waals surface area contributed by atoms with Gasteiger partial charge in [-0.3, -0.25) is 9.78 Å². The van der Waals surface area contributed by atoms with Gasteiger partial charge in [0.15, 0.2) is 0 Å². The lowest BCUT2D eigenvalue weighted by Gasteiger charge is -2.24. The number of pyridine rings is 1. The lowest BCUT2D eigenvalue weighted by molar-refractivity contribution is -0.119. The molecule has 1 aromatic carbocycles. The van der Waals surface area contributed by atoms with Gasteiger partial charge in [0.25, 0.3) is 0 Å². The van der Waals surface area contributed by atoms with Crippen LogP contribution in [0.3, 0.4) is 0 Å². The van der Waals surface area contributed by atoms with Crippen molar-refractivity contribution in [1.82, 2.24) is 15.6 Å². The van der Waals surface area contributed by atoms with Gasteiger partial charge in [-0.05, 0) is 55.6 Å². The van der Waals surface area contributed by atoms with E-state index in [1.807, 2.05) is 48.7 Å². The van der Waals surface area contributed by atoms with Crippen molar-refractivity contribution >= 4 is 36.4 Å². The zero-order valence-corrected chi connectivity index (χ0v) is 17.0. The second-order valence-electron chi connectivity index (χ2n) is 6.55. The van der Waals surface area contributed by atoms with Gasteiger partial charge in [0.05, 0.1) is 6.54 Å². The standard InChI is InChI=1S/C20H26N4O.2ClH/c25-20(23-12-9-17-8-11-22-13-17)16-24(19-6-2-1-3-7-19)15-18-5-4-10-21-14-18;;/h1-7,10,14,17,22H,8-9,11-13,15-16H2,(H,23,25);2*1H. The number of carbonyl (C=O) groups excluding carboxylic acids is 1. The molecule has 2 N–H and O–H groups in total. The highest BCUT2D eigenvalue weighted by atomic mass is 35.5. The van der Waals surface area contributed by atoms with Crippen LogP contribution in [0.1, 0.15) is 18.4 Å². The summed E-state index contributed by atoms with van der Waals surface area (Å²) < 4.78 is 0. The molecule has 1 aromatic heterocycles. The van der Waals surface area contributed by atoms with E-state index in [2.05, 4.69) is 20.5 Å². The van der Waals surface area contributed by atoms with Crippen molar-refractivity contribution in [2.75, 3.05) is 31.1 Å². The lowest BCUT2D eigenvalue weighted by atomic mass is 10.1. The minimum absolute atomic E-state index is 0. The number of rotatable bonds is 8. The first-order chi connectivity index (χ1) is 12.3. The summed E-state index contributed by atoms with van der Waals surface area (Å²) in [5, 5.41) is 6.44. The number of nitrogens with zero attached hydrogens (tertiary/aromatic N) is 2. The number of carbonyl (C=O) groups is 1. The van der Waals surface area contributed by atoms with Crippen molar-refractivity contribution in [3.8, 4) is 0 Å². The number of nitrogens with one attached hydrogen (secondary N) is 2. The van der Waals surface area contributed by atoms with Crippen LogP contribution in [0.4, 0.5) is 5.69 Å². The van der Waals surface area contributed by atoms with Crippen LogP contribution in [0, 0.1) is 5.92 Å². The van der Waals surface area contributed by atoms with E-state index >= 15 is 0 Å². The molecule has 0 saturated carbocycles. The topological polar surface area (TPSA) is 57.3 Å². The van der Waals surface area contributed by atoms with Crippen LogP contribution in [-0.4, -0.2) is 37.1 Å². The third-order valence-corrected chi connectivity index (χ3v) is 4.59. The van der Waals surface area contributed by atoms with E-state index < -0.39 is 0 Å². The van der Waals surface area contributed by atoms with Gasteiger partial charge in [-0.15, -0.1) is 24.8 Å². The van der Waals surface area contributed by atoms with Crippen molar-refractivity contribution in [1.29, 1.82) is 0 Å². The molecular weight excluding hydrogens is 383 g/mol. The van der Waals surface area contributed by atoms with Crippen LogP contribution in [0.15, 0.2) is 54.9 Å². The number of para-hydroxylation sites is 1. The Morgan fingerprint density at radius 1 is 1.19 bits per heavy atom. The Bertz CT molecular complexity index is 652. The van der Waals surface area contributed by atoms with Gasteiger partial charge in [0.1, 0.15) is 0 Å². The summed E-state index contributed by atoms with van der Waals surface area (Å²) in [6, 6.07) is 14.0. The molecule has 0 aliphatic carbocycles. The fourth-order valence-corrected chi connectivity index (χ4v) is 3.20. The molecule has 3 rings (SSSR count). The lowest BCUT2D eigenvalue weighted by Crippen LogP contribution is -2.37. The van der Waals surface area contributed by atoms with Crippen molar-refractivity contribution in [3.63, 3.8) is 0 Å². The number of halogens is 2. The maximum atomic E-state index is 12.4. The third kappa shape index (κ3) is 7.75. The maximum absolute atomic E-state index is 12.4. The summed E-state index contributed by atoms with van der Waals surface area (Å²) >= 11 is 0. The largest absolute Gasteiger partial charge is 0.358 e. The minimum Gasteiger partial charge on any atom is -0.358 e. The number of hydrogen-bond acceptors (Lipinski definition) is 4. The second kappa shape index (κ2) is 12.5. The number of aromatic nitrogens is 1. The van der Waals surface area contributed by atoms with Gasteiger partial charge in [-0.25, -0.2) is 0 Å². The molecule has 0 bridgehead atoms. The van der Waals surface area contributed by atoms with Crippen LogP contribution in [0.25, 0.3) is 0 Å². The first kappa shape index (κ1) is 23.2. The van der Waals surface area contributed by atoms with Crippen molar-refractivity contribution in [2.24, 2.45) is 5.92 Å². The van der Waals surface area contributed by atoms with E-state index in [1.54, 1.807) is 6.20 Å². The molecule has 0 spiro atoms. The maximum Gasteiger partial charge on any atom is 0.239 e. The van der Waals surface area contributed by atoms with Gasteiger partial charge < -0.3 is 15.5 Å². The molecule has 5 nitrogen and oxygen atoms in total. The normalized spacial score (nSPS) is 15.3. The summed E-state index contributed by atoms with van der Waals surface area (Å²) in [5.74, 6) is 0.764. The van der Waals surface area contributed by atoms with Gasteiger partial charge in [0.2, 0.25) is 5.91 Å². The number of hydrogen-bond donors (Lipinski definition) is 2. The molecule has 1 fully saturated rings. The van der Waals surface area contributed by atoms with Crippen molar-refractivity contribution in [3.05, 3.63) is 60.4 Å². The van der Waals surface area contributed by atoms with E-state index in [0.717, 1.165) is 37.3 Å². The van der Waals surface area contributed by atoms with Crippen LogP contribution in [-0.2, 0) is 11.3 Å². The summed E-state index contributed by atoms with van der Waals surface area (Å²) in [6.07, 6.45) is 5.88. The molecule has 148 valence electrons. The molecular formula is C20H28Cl2N4O. The first-order valence-electron chi connectivity index (χ1n) is 8.97. The predicted octanol–water partition coefficient (Wildman–Crippen LogP) is 3.05. The fourth-order valence-electron chi connectivity index (χ4n) is 3.20. The average Bonchev–Trinajstić information content (AvgIpc) is 3.16. The molecule has 7 heteroatoms. The fraction of sp³-hybridized carbons (Fsp3) is 0.400. The highest BCUT2D eigenvalue weighted by Crippen LogP contribution is 2.16. The van der Waals surface area contributed by atoms with Gasteiger partial charge in [-0.2, -0.15) is 0 Å². The quantitative estimate of drug-likeness (QED) is 0.701. The Balaban J connectivity index is 0.00000182. The summed E-state index contributed by atoms with van der Waals surface area (Å²) in [5.41, 5.74) is 2.14. The van der Waals surface area contributed by atoms with Crippen molar-refractivity contribution in [2.45, 2.75) is 19.4 Å². The molecule has 1 saturated heterocycles. The zero-order valence-electron chi connectivity index (χ0n) is 15.3. The van der Waals surface area contributed by atoms with E-state index in [1.165, 1.54) is 6.42 Å². The number of anilines is 1. The van der Waals surface area contributed by atoms with Crippen molar-refractivity contribution < 1.29 is 4.79 Å². The molecule has 1 aliphatic rings. The van der Waals surface area contributed by atoms with E-state index in [9.17, 15) is 4.79 Å². The van der Waals surface area contributed by atoms with Gasteiger partial charge in [-0.1, -0.05) is 24.3 Å². The minimum atomic E-state index is 0. The van der Waals surface area contributed by atoms with Crippen LogP contribution in [0.2, 0.25) is 0 Å². The summed E-state index contributed by atoms with van der Waals surface area (Å²) in [7, 11) is 0. The Morgan fingerprint density at radius 2 is 2.00 bits per heavy atom. The van der Waals surface area contributed by atoms with Crippen LogP contribution < -0.4 is 15.5 Å². The highest BCUT2D eigenvalue weighted by Gasteiger charge is 2.15. The SMILES string of the molecule is Cl.Cl.O=C(CN(Cc1cccnc1)c1ccccc1)NCCC1CCNC1. The molecule has 1 atom stereocenters. The monoisotopic (exact) mass is 410 g/mol. The van der Waals surface area contributed by atoms with E-state index in [-0.39, 0.29) is 30.7 Å². The Hall–Kier alpha value is -1.82. The number of amides is 1. The molecule has 1 unspecified atom stereocenters. The summed E-state index contributed by atoms with van der Waals surface area (Å²) in [4.78, 5) is 18.7. The molecule has 2 heterocycles. The Kier molecular flexibility index (Phi) is 10.8. The molecule has 2 aromatic rings. The molecule has 0 radical (unpaired) electrons. The third-order valence-electron chi connectivity index (χ3n) is 4.59.